The van der Waals surface area contributed by atoms with Gasteiger partial charge >= 0.3 is 5.97 Å². The lowest BCUT2D eigenvalue weighted by molar-refractivity contribution is -0.144. The number of ether oxygens (including phenoxy) is 1. The Kier molecular flexibility index (Phi) is 10.2. The van der Waals surface area contributed by atoms with Crippen molar-refractivity contribution in [1.29, 1.82) is 0 Å². The van der Waals surface area contributed by atoms with Gasteiger partial charge in [-0.2, -0.15) is 0 Å². The first kappa shape index (κ1) is 27.2. The van der Waals surface area contributed by atoms with Crippen LogP contribution in [0.1, 0.15) is 40.7 Å². The standard InChI is InChI=1S/C33H35NO4/c35-25-31(36)18-14-27-10-12-28(13-11-27)24-34(21-20-30-17-16-29-8-4-5-9-32(29)30)22-23-38-33(37)19-15-26-6-2-1-3-7-26/h1-14,17-18,35H,15-16,19-25H2/b18-14+. The van der Waals surface area contributed by atoms with E-state index in [1.165, 1.54) is 22.8 Å². The van der Waals surface area contributed by atoms with E-state index in [9.17, 15) is 9.59 Å². The predicted molar refractivity (Wildman–Crippen MR) is 151 cm³/mol. The monoisotopic (exact) mass is 509 g/mol. The Morgan fingerprint density at radius 3 is 2.42 bits per heavy atom. The minimum Gasteiger partial charge on any atom is -0.464 e. The number of carbonyl (C=O) groups is 2. The van der Waals surface area contributed by atoms with Crippen LogP contribution in [0.15, 0.2) is 91.0 Å². The van der Waals surface area contributed by atoms with Crippen molar-refractivity contribution in [2.45, 2.75) is 32.2 Å². The summed E-state index contributed by atoms with van der Waals surface area (Å²) in [6, 6.07) is 26.6. The van der Waals surface area contributed by atoms with Gasteiger partial charge in [-0.05, 0) is 58.7 Å². The molecule has 0 saturated heterocycles. The summed E-state index contributed by atoms with van der Waals surface area (Å²) >= 11 is 0. The lowest BCUT2D eigenvalue weighted by atomic mass is 10.0. The van der Waals surface area contributed by atoms with Gasteiger partial charge < -0.3 is 9.84 Å². The van der Waals surface area contributed by atoms with E-state index >= 15 is 0 Å². The van der Waals surface area contributed by atoms with Gasteiger partial charge in [0.2, 0.25) is 0 Å². The van der Waals surface area contributed by atoms with Gasteiger partial charge in [0.15, 0.2) is 5.78 Å². The van der Waals surface area contributed by atoms with Gasteiger partial charge in [0, 0.05) is 26.1 Å². The highest BCUT2D eigenvalue weighted by Crippen LogP contribution is 2.29. The van der Waals surface area contributed by atoms with Crippen LogP contribution >= 0.6 is 0 Å². The zero-order valence-electron chi connectivity index (χ0n) is 21.7. The molecule has 3 aromatic rings. The van der Waals surface area contributed by atoms with Crippen LogP contribution in [0.3, 0.4) is 0 Å². The van der Waals surface area contributed by atoms with Crippen LogP contribution in [-0.2, 0) is 33.7 Å². The summed E-state index contributed by atoms with van der Waals surface area (Å²) in [7, 11) is 0. The normalized spacial score (nSPS) is 12.5. The summed E-state index contributed by atoms with van der Waals surface area (Å²) in [5.74, 6) is -0.490. The smallest absolute Gasteiger partial charge is 0.306 e. The minimum atomic E-state index is -0.485. The number of aliphatic hydroxyl groups is 1. The van der Waals surface area contributed by atoms with E-state index in [1.807, 2.05) is 54.6 Å². The van der Waals surface area contributed by atoms with Crippen molar-refractivity contribution in [3.8, 4) is 0 Å². The maximum atomic E-state index is 12.3. The molecular weight excluding hydrogens is 474 g/mol. The zero-order valence-corrected chi connectivity index (χ0v) is 21.7. The van der Waals surface area contributed by atoms with Crippen molar-refractivity contribution >= 4 is 23.4 Å². The first-order valence-corrected chi connectivity index (χ1v) is 13.2. The number of aryl methyl sites for hydroxylation is 1. The van der Waals surface area contributed by atoms with Crippen LogP contribution in [-0.4, -0.2) is 48.1 Å². The third-order valence-electron chi connectivity index (χ3n) is 6.76. The number of carbonyl (C=O) groups excluding carboxylic acids is 2. The van der Waals surface area contributed by atoms with Crippen LogP contribution in [0.4, 0.5) is 0 Å². The van der Waals surface area contributed by atoms with E-state index in [2.05, 4.69) is 35.2 Å². The summed E-state index contributed by atoms with van der Waals surface area (Å²) in [6.07, 6.45) is 8.39. The average molecular weight is 510 g/mol. The fourth-order valence-electron chi connectivity index (χ4n) is 4.63. The molecule has 1 N–H and O–H groups in total. The summed E-state index contributed by atoms with van der Waals surface area (Å²) in [5, 5.41) is 8.89. The molecule has 5 nitrogen and oxygen atoms in total. The molecule has 0 fully saturated rings. The maximum absolute atomic E-state index is 12.3. The number of fused-ring (bicyclic) bond motifs is 1. The lowest BCUT2D eigenvalue weighted by Gasteiger charge is -2.23. The van der Waals surface area contributed by atoms with Crippen molar-refractivity contribution in [3.05, 3.63) is 119 Å². The van der Waals surface area contributed by atoms with Gasteiger partial charge in [-0.1, -0.05) is 91.0 Å². The molecule has 0 unspecified atom stereocenters. The number of hydrogen-bond acceptors (Lipinski definition) is 5. The molecule has 0 amide bonds. The molecule has 0 aliphatic heterocycles. The Morgan fingerprint density at radius 2 is 1.63 bits per heavy atom. The van der Waals surface area contributed by atoms with Gasteiger partial charge in [-0.25, -0.2) is 0 Å². The number of nitrogens with zero attached hydrogens (tertiary/aromatic N) is 1. The van der Waals surface area contributed by atoms with Crippen molar-refractivity contribution < 1.29 is 19.4 Å². The number of aliphatic hydroxyl groups excluding tert-OH is 1. The van der Waals surface area contributed by atoms with E-state index in [0.29, 0.717) is 26.0 Å². The number of ketones is 1. The molecule has 0 bridgehead atoms. The van der Waals surface area contributed by atoms with Gasteiger partial charge in [-0.3, -0.25) is 14.5 Å². The highest BCUT2D eigenvalue weighted by Gasteiger charge is 2.15. The van der Waals surface area contributed by atoms with E-state index in [4.69, 9.17) is 9.84 Å². The second-order valence-corrected chi connectivity index (χ2v) is 9.52. The summed E-state index contributed by atoms with van der Waals surface area (Å²) in [4.78, 5) is 26.0. The lowest BCUT2D eigenvalue weighted by Crippen LogP contribution is -2.29. The number of benzene rings is 3. The van der Waals surface area contributed by atoms with Crippen LogP contribution in [0.2, 0.25) is 0 Å². The second kappa shape index (κ2) is 14.2. The van der Waals surface area contributed by atoms with Gasteiger partial charge in [0.05, 0.1) is 0 Å². The minimum absolute atomic E-state index is 0.171. The van der Waals surface area contributed by atoms with E-state index < -0.39 is 6.61 Å². The number of hydrogen-bond donors (Lipinski definition) is 1. The van der Waals surface area contributed by atoms with Crippen molar-refractivity contribution in [2.24, 2.45) is 0 Å². The quantitative estimate of drug-likeness (QED) is 0.237. The highest BCUT2D eigenvalue weighted by molar-refractivity contribution is 5.94. The number of rotatable bonds is 14. The van der Waals surface area contributed by atoms with E-state index in [1.54, 1.807) is 6.08 Å². The molecule has 0 radical (unpaired) electrons. The summed E-state index contributed by atoms with van der Waals surface area (Å²) < 4.78 is 5.59. The van der Waals surface area contributed by atoms with Gasteiger partial charge in [0.1, 0.15) is 13.2 Å². The first-order chi connectivity index (χ1) is 18.6. The molecule has 5 heteroatoms. The van der Waals surface area contributed by atoms with E-state index in [0.717, 1.165) is 42.6 Å². The molecular formula is C33H35NO4. The van der Waals surface area contributed by atoms with Gasteiger partial charge in [0.25, 0.3) is 0 Å². The highest BCUT2D eigenvalue weighted by atomic mass is 16.5. The molecule has 1 aliphatic rings. The van der Waals surface area contributed by atoms with Crippen LogP contribution in [0.25, 0.3) is 11.6 Å². The molecule has 0 heterocycles. The van der Waals surface area contributed by atoms with Crippen molar-refractivity contribution in [3.63, 3.8) is 0 Å². The van der Waals surface area contributed by atoms with Crippen LogP contribution < -0.4 is 0 Å². The molecule has 0 atom stereocenters. The molecule has 4 rings (SSSR count). The molecule has 0 aromatic heterocycles. The van der Waals surface area contributed by atoms with Crippen LogP contribution in [0, 0.1) is 0 Å². The summed E-state index contributed by atoms with van der Waals surface area (Å²) in [6.45, 7) is 2.11. The second-order valence-electron chi connectivity index (χ2n) is 9.52. The third kappa shape index (κ3) is 8.37. The average Bonchev–Trinajstić information content (AvgIpc) is 3.37. The summed E-state index contributed by atoms with van der Waals surface area (Å²) in [5.41, 5.74) is 7.28. The Morgan fingerprint density at radius 1 is 0.868 bits per heavy atom. The first-order valence-electron chi connectivity index (χ1n) is 13.2. The van der Waals surface area contributed by atoms with Crippen molar-refractivity contribution in [1.82, 2.24) is 4.90 Å². The topological polar surface area (TPSA) is 66.8 Å². The molecule has 1 aliphatic carbocycles. The predicted octanol–water partition coefficient (Wildman–Crippen LogP) is 5.27. The van der Waals surface area contributed by atoms with Crippen molar-refractivity contribution in [2.75, 3.05) is 26.3 Å². The van der Waals surface area contributed by atoms with E-state index in [-0.39, 0.29) is 11.8 Å². The Labute approximate surface area is 225 Å². The molecule has 196 valence electrons. The molecule has 38 heavy (non-hydrogen) atoms. The zero-order chi connectivity index (χ0) is 26.6. The fourth-order valence-corrected chi connectivity index (χ4v) is 4.63. The van der Waals surface area contributed by atoms with Crippen LogP contribution in [0.5, 0.6) is 0 Å². The van der Waals surface area contributed by atoms with Gasteiger partial charge in [-0.15, -0.1) is 0 Å². The Hall–Kier alpha value is -3.80. The fraction of sp³-hybridized carbons (Fsp3) is 0.273. The molecule has 3 aromatic carbocycles. The Bertz CT molecular complexity index is 1260. The third-order valence-corrected chi connectivity index (χ3v) is 6.76. The SMILES string of the molecule is O=C(/C=C/c1ccc(CN(CCOC(=O)CCc2ccccc2)CCC2=CCc3ccccc32)cc1)CO. The maximum Gasteiger partial charge on any atom is 0.306 e. The largest absolute Gasteiger partial charge is 0.464 e. The molecule has 0 saturated carbocycles. The number of allylic oxidation sites excluding steroid dienone is 1. The number of esters is 1. The molecule has 0 spiro atoms. The Balaban J connectivity index is 1.33.